The zero-order chi connectivity index (χ0) is 14.3. The van der Waals surface area contributed by atoms with Crippen molar-refractivity contribution in [1.82, 2.24) is 4.98 Å². The van der Waals surface area contributed by atoms with Gasteiger partial charge in [-0.3, -0.25) is 4.98 Å². The normalized spacial score (nSPS) is 14.7. The van der Waals surface area contributed by atoms with Crippen molar-refractivity contribution in [3.05, 3.63) is 41.6 Å². The van der Waals surface area contributed by atoms with Gasteiger partial charge in [-0.25, -0.2) is 0 Å². The van der Waals surface area contributed by atoms with Crippen LogP contribution in [0, 0.1) is 12.8 Å². The van der Waals surface area contributed by atoms with E-state index in [9.17, 15) is 0 Å². The number of hydrogen-bond donors (Lipinski definition) is 0. The van der Waals surface area contributed by atoms with Crippen LogP contribution in [-0.4, -0.2) is 18.1 Å². The molecule has 0 radical (unpaired) electrons. The van der Waals surface area contributed by atoms with Crippen LogP contribution < -0.4 is 4.90 Å². The van der Waals surface area contributed by atoms with Gasteiger partial charge in [0.1, 0.15) is 0 Å². The maximum atomic E-state index is 4.54. The summed E-state index contributed by atoms with van der Waals surface area (Å²) in [6.45, 7) is 11.0. The molecule has 2 nitrogen and oxygen atoms in total. The van der Waals surface area contributed by atoms with Gasteiger partial charge in [0.05, 0.1) is 5.52 Å². The first kappa shape index (κ1) is 13.2. The van der Waals surface area contributed by atoms with Gasteiger partial charge in [0.25, 0.3) is 0 Å². The Hall–Kier alpha value is -1.83. The van der Waals surface area contributed by atoms with Gasteiger partial charge in [-0.05, 0) is 49.1 Å². The van der Waals surface area contributed by atoms with Crippen LogP contribution in [0.5, 0.6) is 0 Å². The third-order valence-electron chi connectivity index (χ3n) is 4.05. The highest BCUT2D eigenvalue weighted by Crippen LogP contribution is 2.35. The molecule has 20 heavy (non-hydrogen) atoms. The lowest BCUT2D eigenvalue weighted by molar-refractivity contribution is 0.625. The minimum absolute atomic E-state index is 0.663. The minimum atomic E-state index is 0.663. The molecule has 2 heterocycles. The summed E-state index contributed by atoms with van der Waals surface area (Å²) < 4.78 is 0. The predicted molar refractivity (Wildman–Crippen MR) is 87.2 cm³/mol. The van der Waals surface area contributed by atoms with Gasteiger partial charge in [0.15, 0.2) is 0 Å². The first-order chi connectivity index (χ1) is 9.56. The summed E-state index contributed by atoms with van der Waals surface area (Å²) in [5.41, 5.74) is 6.48. The summed E-state index contributed by atoms with van der Waals surface area (Å²) in [5, 5.41) is 1.27. The molecule has 0 saturated heterocycles. The third kappa shape index (κ3) is 2.20. The molecule has 0 bridgehead atoms. The van der Waals surface area contributed by atoms with Gasteiger partial charge in [0.2, 0.25) is 0 Å². The third-order valence-corrected chi connectivity index (χ3v) is 4.05. The van der Waals surface area contributed by atoms with E-state index in [-0.39, 0.29) is 0 Å². The monoisotopic (exact) mass is 266 g/mol. The van der Waals surface area contributed by atoms with E-state index < -0.39 is 0 Å². The van der Waals surface area contributed by atoms with E-state index in [2.05, 4.69) is 61.9 Å². The van der Waals surface area contributed by atoms with Gasteiger partial charge >= 0.3 is 0 Å². The summed E-state index contributed by atoms with van der Waals surface area (Å²) in [5.74, 6) is 0.663. The molecule has 1 aliphatic heterocycles. The molecule has 0 fully saturated rings. The SMILES string of the molecule is CC1=CCN(CC(C)C)c2cc3nccc(C)c3cc21. The van der Waals surface area contributed by atoms with E-state index in [1.165, 1.54) is 27.8 Å². The smallest absolute Gasteiger partial charge is 0.0725 e. The molecule has 0 atom stereocenters. The number of allylic oxidation sites excluding steroid dienone is 1. The number of aryl methyl sites for hydroxylation is 1. The predicted octanol–water partition coefficient (Wildman–Crippen LogP) is 4.42. The van der Waals surface area contributed by atoms with Crippen molar-refractivity contribution in [3.8, 4) is 0 Å². The molecule has 0 spiro atoms. The summed E-state index contributed by atoms with van der Waals surface area (Å²) in [6, 6.07) is 6.66. The van der Waals surface area contributed by atoms with E-state index >= 15 is 0 Å². The fourth-order valence-electron chi connectivity index (χ4n) is 2.97. The Morgan fingerprint density at radius 3 is 2.80 bits per heavy atom. The van der Waals surface area contributed by atoms with E-state index in [1.807, 2.05) is 6.20 Å². The average molecular weight is 266 g/mol. The number of fused-ring (bicyclic) bond motifs is 2. The molecule has 2 heteroatoms. The minimum Gasteiger partial charge on any atom is -0.367 e. The quantitative estimate of drug-likeness (QED) is 0.799. The van der Waals surface area contributed by atoms with Crippen LogP contribution in [0.3, 0.4) is 0 Å². The first-order valence-electron chi connectivity index (χ1n) is 7.37. The van der Waals surface area contributed by atoms with Crippen LogP contribution in [-0.2, 0) is 0 Å². The van der Waals surface area contributed by atoms with Gasteiger partial charge < -0.3 is 4.90 Å². The number of rotatable bonds is 2. The van der Waals surface area contributed by atoms with Crippen molar-refractivity contribution < 1.29 is 0 Å². The van der Waals surface area contributed by atoms with Crippen molar-refractivity contribution >= 4 is 22.2 Å². The molecule has 1 aliphatic rings. The van der Waals surface area contributed by atoms with Crippen LogP contribution in [0.4, 0.5) is 5.69 Å². The number of nitrogens with zero attached hydrogens (tertiary/aromatic N) is 2. The fourth-order valence-corrected chi connectivity index (χ4v) is 2.97. The maximum Gasteiger partial charge on any atom is 0.0725 e. The Labute approximate surface area is 121 Å². The molecular weight excluding hydrogens is 244 g/mol. The van der Waals surface area contributed by atoms with Crippen LogP contribution >= 0.6 is 0 Å². The highest BCUT2D eigenvalue weighted by Gasteiger charge is 2.18. The second kappa shape index (κ2) is 4.93. The Balaban J connectivity index is 2.19. The number of anilines is 1. The molecule has 0 N–H and O–H groups in total. The topological polar surface area (TPSA) is 16.1 Å². The van der Waals surface area contributed by atoms with Crippen molar-refractivity contribution in [2.45, 2.75) is 27.7 Å². The largest absolute Gasteiger partial charge is 0.367 e. The average Bonchev–Trinajstić information content (AvgIpc) is 2.41. The zero-order valence-electron chi connectivity index (χ0n) is 12.8. The van der Waals surface area contributed by atoms with Crippen LogP contribution in [0.25, 0.3) is 16.5 Å². The zero-order valence-corrected chi connectivity index (χ0v) is 12.8. The Bertz CT molecular complexity index is 683. The number of benzene rings is 1. The van der Waals surface area contributed by atoms with Gasteiger partial charge in [-0.1, -0.05) is 19.9 Å². The summed E-state index contributed by atoms with van der Waals surface area (Å²) >= 11 is 0. The van der Waals surface area contributed by atoms with E-state index in [0.717, 1.165) is 18.6 Å². The summed E-state index contributed by atoms with van der Waals surface area (Å²) in [4.78, 5) is 7.01. The van der Waals surface area contributed by atoms with Gasteiger partial charge in [-0.15, -0.1) is 0 Å². The fraction of sp³-hybridized carbons (Fsp3) is 0.389. The summed E-state index contributed by atoms with van der Waals surface area (Å²) in [7, 11) is 0. The van der Waals surface area contributed by atoms with E-state index in [0.29, 0.717) is 5.92 Å². The molecule has 0 saturated carbocycles. The van der Waals surface area contributed by atoms with Gasteiger partial charge in [-0.2, -0.15) is 0 Å². The number of hydrogen-bond acceptors (Lipinski definition) is 2. The van der Waals surface area contributed by atoms with Crippen LogP contribution in [0.1, 0.15) is 31.9 Å². The maximum absolute atomic E-state index is 4.54. The number of pyridine rings is 1. The van der Waals surface area contributed by atoms with Crippen LogP contribution in [0.15, 0.2) is 30.5 Å². The lowest BCUT2D eigenvalue weighted by Crippen LogP contribution is -2.30. The Kier molecular flexibility index (Phi) is 3.25. The van der Waals surface area contributed by atoms with Crippen molar-refractivity contribution in [3.63, 3.8) is 0 Å². The lowest BCUT2D eigenvalue weighted by Gasteiger charge is -2.32. The second-order valence-corrected chi connectivity index (χ2v) is 6.20. The van der Waals surface area contributed by atoms with Crippen molar-refractivity contribution in [2.75, 3.05) is 18.0 Å². The Morgan fingerprint density at radius 1 is 1.25 bits per heavy atom. The number of aromatic nitrogens is 1. The second-order valence-electron chi connectivity index (χ2n) is 6.20. The molecule has 1 aromatic carbocycles. The van der Waals surface area contributed by atoms with E-state index in [4.69, 9.17) is 0 Å². The Morgan fingerprint density at radius 2 is 2.05 bits per heavy atom. The van der Waals surface area contributed by atoms with Crippen molar-refractivity contribution in [1.29, 1.82) is 0 Å². The molecule has 0 aliphatic carbocycles. The molecular formula is C18H22N2. The summed E-state index contributed by atoms with van der Waals surface area (Å²) in [6.07, 6.45) is 4.24. The van der Waals surface area contributed by atoms with Gasteiger partial charge in [0, 0.05) is 35.9 Å². The van der Waals surface area contributed by atoms with E-state index in [1.54, 1.807) is 0 Å². The van der Waals surface area contributed by atoms with Crippen LogP contribution in [0.2, 0.25) is 0 Å². The molecule has 104 valence electrons. The molecule has 3 rings (SSSR count). The highest BCUT2D eigenvalue weighted by atomic mass is 15.1. The molecule has 2 aromatic rings. The lowest BCUT2D eigenvalue weighted by atomic mass is 9.96. The first-order valence-corrected chi connectivity index (χ1v) is 7.37. The van der Waals surface area contributed by atoms with Crippen molar-refractivity contribution in [2.24, 2.45) is 5.92 Å². The molecule has 0 amide bonds. The standard InChI is InChI=1S/C18H22N2/c1-12(2)11-20-8-6-14(4)16-9-15-13(3)5-7-19-17(15)10-18(16)20/h5-7,9-10,12H,8,11H2,1-4H3. The highest BCUT2D eigenvalue weighted by molar-refractivity contribution is 5.93. The molecule has 1 aromatic heterocycles. The molecule has 0 unspecified atom stereocenters.